The van der Waals surface area contributed by atoms with Crippen LogP contribution in [0.4, 0.5) is 15.0 Å². The van der Waals surface area contributed by atoms with Crippen LogP contribution in [0.1, 0.15) is 52.0 Å². The molecule has 0 unspecified atom stereocenters. The Hall–Kier alpha value is -4.90. The lowest BCUT2D eigenvalue weighted by molar-refractivity contribution is -0.000557. The highest BCUT2D eigenvalue weighted by atomic mass is 32.2. The summed E-state index contributed by atoms with van der Waals surface area (Å²) >= 11 is 1.62. The van der Waals surface area contributed by atoms with Crippen molar-refractivity contribution in [2.45, 2.75) is 63.9 Å². The molecular formula is C40H42FN7O2S. The summed E-state index contributed by atoms with van der Waals surface area (Å²) in [5.74, 6) is 0.579. The largest absolute Gasteiger partial charge is 0.444 e. The number of halogens is 1. The third kappa shape index (κ3) is 6.67. The van der Waals surface area contributed by atoms with Gasteiger partial charge in [0.05, 0.1) is 5.69 Å². The van der Waals surface area contributed by atoms with E-state index in [0.717, 1.165) is 96.1 Å². The summed E-state index contributed by atoms with van der Waals surface area (Å²) in [4.78, 5) is 28.2. The Morgan fingerprint density at radius 1 is 0.922 bits per heavy atom. The van der Waals surface area contributed by atoms with Crippen LogP contribution in [0.2, 0.25) is 0 Å². The molecule has 0 atom stereocenters. The van der Waals surface area contributed by atoms with Gasteiger partial charge < -0.3 is 14.5 Å². The molecule has 2 saturated heterocycles. The molecule has 0 saturated carbocycles. The van der Waals surface area contributed by atoms with E-state index in [2.05, 4.69) is 46.1 Å². The van der Waals surface area contributed by atoms with Crippen LogP contribution >= 0.6 is 11.9 Å². The molecule has 2 aliphatic rings. The molecule has 4 aromatic heterocycles. The number of amides is 1. The van der Waals surface area contributed by atoms with Crippen LogP contribution in [0.15, 0.2) is 90.1 Å². The van der Waals surface area contributed by atoms with E-state index >= 15 is 0 Å². The summed E-state index contributed by atoms with van der Waals surface area (Å²) in [5, 5.41) is 6.21. The number of carbonyl (C=O) groups excluding carboxylic acids is 1. The first-order valence-corrected chi connectivity index (χ1v) is 18.4. The van der Waals surface area contributed by atoms with Crippen molar-refractivity contribution in [3.63, 3.8) is 0 Å². The second-order valence-electron chi connectivity index (χ2n) is 14.9. The number of likely N-dealkylation sites (tertiary alicyclic amines) is 1. The molecule has 11 heteroatoms. The molecule has 51 heavy (non-hydrogen) atoms. The van der Waals surface area contributed by atoms with Gasteiger partial charge in [-0.1, -0.05) is 17.7 Å². The van der Waals surface area contributed by atoms with E-state index in [1.54, 1.807) is 24.1 Å². The van der Waals surface area contributed by atoms with Crippen LogP contribution in [0, 0.1) is 18.2 Å². The van der Waals surface area contributed by atoms with Gasteiger partial charge in [-0.2, -0.15) is 0 Å². The van der Waals surface area contributed by atoms with Gasteiger partial charge >= 0.3 is 6.09 Å². The SMILES string of the molecule is Cc1ccc(Sn2ccc3c(-c4c(-c5ccc(F)cc5)nc5ccc(N6CCC7(CCCN(C(=O)OC(C)(C)C)C7)CC6)nn45)ccnc32)cc1. The number of benzene rings is 2. The number of piperidine rings is 2. The maximum atomic E-state index is 14.1. The molecule has 2 fully saturated rings. The normalized spacial score (nSPS) is 16.3. The van der Waals surface area contributed by atoms with Gasteiger partial charge in [0.25, 0.3) is 0 Å². The maximum absolute atomic E-state index is 14.1. The van der Waals surface area contributed by atoms with Crippen molar-refractivity contribution in [1.82, 2.24) is 28.5 Å². The van der Waals surface area contributed by atoms with Crippen molar-refractivity contribution in [2.24, 2.45) is 5.41 Å². The van der Waals surface area contributed by atoms with Gasteiger partial charge in [-0.15, -0.1) is 5.10 Å². The lowest BCUT2D eigenvalue weighted by atomic mass is 9.72. The van der Waals surface area contributed by atoms with Gasteiger partial charge in [0.15, 0.2) is 11.3 Å². The molecule has 1 amide bonds. The Morgan fingerprint density at radius 2 is 1.69 bits per heavy atom. The van der Waals surface area contributed by atoms with Crippen LogP contribution in [0.3, 0.4) is 0 Å². The molecule has 262 valence electrons. The topological polar surface area (TPSA) is 80.8 Å². The highest BCUT2D eigenvalue weighted by molar-refractivity contribution is 7.98. The molecule has 0 aliphatic carbocycles. The summed E-state index contributed by atoms with van der Waals surface area (Å²) in [6.07, 6.45) is 7.70. The number of anilines is 1. The Labute approximate surface area is 301 Å². The number of carbonyl (C=O) groups is 1. The summed E-state index contributed by atoms with van der Waals surface area (Å²) in [7, 11) is 0. The fourth-order valence-electron chi connectivity index (χ4n) is 7.46. The van der Waals surface area contributed by atoms with Gasteiger partial charge in [0.2, 0.25) is 0 Å². The molecular weight excluding hydrogens is 662 g/mol. The number of imidazole rings is 1. The van der Waals surface area contributed by atoms with E-state index in [-0.39, 0.29) is 17.3 Å². The minimum atomic E-state index is -0.509. The maximum Gasteiger partial charge on any atom is 0.410 e. The summed E-state index contributed by atoms with van der Waals surface area (Å²) in [6.45, 7) is 11.0. The third-order valence-corrected chi connectivity index (χ3v) is 11.1. The molecule has 9 nitrogen and oxygen atoms in total. The van der Waals surface area contributed by atoms with Crippen molar-refractivity contribution >= 4 is 40.5 Å². The number of fused-ring (bicyclic) bond motifs is 2. The van der Waals surface area contributed by atoms with Gasteiger partial charge in [-0.25, -0.2) is 23.7 Å². The third-order valence-electron chi connectivity index (χ3n) is 10.1. The fraction of sp³-hybridized carbons (Fsp3) is 0.350. The highest BCUT2D eigenvalue weighted by Gasteiger charge is 2.41. The predicted molar refractivity (Wildman–Crippen MR) is 200 cm³/mol. The number of hydrogen-bond donors (Lipinski definition) is 0. The molecule has 0 bridgehead atoms. The van der Waals surface area contributed by atoms with Crippen LogP contribution in [0.25, 0.3) is 39.2 Å². The number of ether oxygens (including phenoxy) is 1. The average Bonchev–Trinajstić information content (AvgIpc) is 3.70. The van der Waals surface area contributed by atoms with E-state index in [0.29, 0.717) is 5.65 Å². The van der Waals surface area contributed by atoms with Crippen LogP contribution < -0.4 is 4.90 Å². The zero-order valence-electron chi connectivity index (χ0n) is 29.5. The number of aromatic nitrogens is 5. The Morgan fingerprint density at radius 3 is 2.43 bits per heavy atom. The number of pyridine rings is 1. The van der Waals surface area contributed by atoms with E-state index < -0.39 is 5.60 Å². The molecule has 6 aromatic rings. The van der Waals surface area contributed by atoms with Crippen molar-refractivity contribution in [3.05, 3.63) is 96.6 Å². The first kappa shape index (κ1) is 33.3. The average molecular weight is 704 g/mol. The van der Waals surface area contributed by atoms with Crippen molar-refractivity contribution in [3.8, 4) is 22.5 Å². The van der Waals surface area contributed by atoms with Crippen LogP contribution in [0.5, 0.6) is 0 Å². The highest BCUT2D eigenvalue weighted by Crippen LogP contribution is 2.42. The van der Waals surface area contributed by atoms with Crippen molar-refractivity contribution < 1.29 is 13.9 Å². The molecule has 1 spiro atoms. The quantitative estimate of drug-likeness (QED) is 0.177. The zero-order chi connectivity index (χ0) is 35.3. The standard InChI is InChI=1S/C40H42FN7O2S/c1-27-6-12-30(13-7-27)51-47-23-17-32-31(16-21-42-37(32)47)36-35(28-8-10-29(41)11-9-28)43-33-14-15-34(44-48(33)36)45-24-19-40(20-25-45)18-5-22-46(26-40)38(49)50-39(2,3)4/h6-17,21,23H,5,18-20,22,24-26H2,1-4H3. The Balaban J connectivity index is 1.13. The minimum Gasteiger partial charge on any atom is -0.444 e. The first-order chi connectivity index (χ1) is 24.5. The molecule has 0 N–H and O–H groups in total. The van der Waals surface area contributed by atoms with Gasteiger partial charge in [-0.3, -0.25) is 3.97 Å². The Bertz CT molecular complexity index is 2210. The van der Waals surface area contributed by atoms with Gasteiger partial charge in [-0.05, 0) is 131 Å². The predicted octanol–water partition coefficient (Wildman–Crippen LogP) is 9.03. The van der Waals surface area contributed by atoms with Crippen molar-refractivity contribution in [1.29, 1.82) is 0 Å². The summed E-state index contributed by atoms with van der Waals surface area (Å²) in [5.41, 5.74) is 5.65. The van der Waals surface area contributed by atoms with E-state index in [1.165, 1.54) is 17.7 Å². The van der Waals surface area contributed by atoms with E-state index in [9.17, 15) is 9.18 Å². The summed E-state index contributed by atoms with van der Waals surface area (Å²) < 4.78 is 23.8. The number of hydrogen-bond acceptors (Lipinski definition) is 7. The minimum absolute atomic E-state index is 0.0814. The molecule has 0 radical (unpaired) electrons. The van der Waals surface area contributed by atoms with E-state index in [1.807, 2.05) is 60.8 Å². The number of aryl methyl sites for hydroxylation is 1. The monoisotopic (exact) mass is 703 g/mol. The lowest BCUT2D eigenvalue weighted by Gasteiger charge is -2.47. The molecule has 8 rings (SSSR count). The molecule has 6 heterocycles. The molecule has 2 aromatic carbocycles. The van der Waals surface area contributed by atoms with Crippen molar-refractivity contribution in [2.75, 3.05) is 31.1 Å². The number of rotatable bonds is 5. The zero-order valence-corrected chi connectivity index (χ0v) is 30.3. The smallest absolute Gasteiger partial charge is 0.410 e. The first-order valence-electron chi connectivity index (χ1n) is 17.6. The lowest BCUT2D eigenvalue weighted by Crippen LogP contribution is -2.52. The second-order valence-corrected chi connectivity index (χ2v) is 16.0. The van der Waals surface area contributed by atoms with E-state index in [4.69, 9.17) is 19.8 Å². The number of nitrogens with zero attached hydrogens (tertiary/aromatic N) is 7. The van der Waals surface area contributed by atoms with Crippen LogP contribution in [-0.2, 0) is 4.74 Å². The fourth-order valence-corrected chi connectivity index (χ4v) is 8.30. The van der Waals surface area contributed by atoms with Gasteiger partial charge in [0.1, 0.15) is 22.9 Å². The van der Waals surface area contributed by atoms with Gasteiger partial charge in [0, 0.05) is 60.0 Å². The summed E-state index contributed by atoms with van der Waals surface area (Å²) in [6, 6.07) is 23.1. The van der Waals surface area contributed by atoms with Crippen LogP contribution in [-0.4, -0.2) is 66.3 Å². The second kappa shape index (κ2) is 13.0. The Kier molecular flexibility index (Phi) is 8.49. The molecule has 2 aliphatic heterocycles.